The number of carbonyl (C=O) groups is 3. The van der Waals surface area contributed by atoms with E-state index in [2.05, 4.69) is 118 Å². The van der Waals surface area contributed by atoms with E-state index in [1.807, 2.05) is 0 Å². The van der Waals surface area contributed by atoms with Gasteiger partial charge in [0.05, 0.1) is 0 Å². The van der Waals surface area contributed by atoms with Gasteiger partial charge in [-0.1, -0.05) is 221 Å². The van der Waals surface area contributed by atoms with Gasteiger partial charge in [0.25, 0.3) is 0 Å². The van der Waals surface area contributed by atoms with E-state index < -0.39 is 6.10 Å². The molecule has 0 amide bonds. The SMILES string of the molecule is CC/C=C\C/C=C\C/C=C\C/C=C\C/C=C\C/C=C\C/C=C\CCCCCCCCCCCC(=O)OCC(COC(=O)CCCCCCC)OC(=O)CCCCCCC/C=C\CCCCC. The lowest BCUT2D eigenvalue weighted by atomic mass is 10.1. The predicted molar refractivity (Wildman–Crippen MR) is 284 cm³/mol. The van der Waals surface area contributed by atoms with Crippen LogP contribution in [0.25, 0.3) is 0 Å². The number of rotatable bonds is 48. The van der Waals surface area contributed by atoms with Crippen LogP contribution in [0.5, 0.6) is 0 Å². The lowest BCUT2D eigenvalue weighted by Crippen LogP contribution is -2.30. The van der Waals surface area contributed by atoms with Crippen molar-refractivity contribution in [1.82, 2.24) is 0 Å². The van der Waals surface area contributed by atoms with Crippen molar-refractivity contribution in [2.45, 2.75) is 252 Å². The molecule has 6 heteroatoms. The fourth-order valence-electron chi connectivity index (χ4n) is 7.24. The standard InChI is InChI=1S/C60H100O6/c1-4-7-10-13-15-17-19-21-22-23-24-25-26-27-28-29-30-31-32-33-34-35-36-37-38-39-41-42-44-47-50-53-59(62)65-56-57(55-64-58(61)52-49-46-12-9-6-3)66-60(63)54-51-48-45-43-40-20-18-16-14-11-8-5-2/h7,10,15-18,21-22,24-25,27-28,30-31,33-34,57H,4-6,8-9,11-14,19-20,23,26,29,32,35-56H2,1-3H3/b10-7-,17-15-,18-16-,22-21-,25-24-,28-27-,31-30-,34-33-. The molecule has 0 N–H and O–H groups in total. The van der Waals surface area contributed by atoms with Crippen LogP contribution in [0.3, 0.4) is 0 Å². The summed E-state index contributed by atoms with van der Waals surface area (Å²) in [5.74, 6) is -0.915. The third-order valence-corrected chi connectivity index (χ3v) is 11.3. The molecule has 0 rings (SSSR count). The maximum atomic E-state index is 12.7. The number of ether oxygens (including phenoxy) is 3. The number of hydrogen-bond acceptors (Lipinski definition) is 6. The first kappa shape index (κ1) is 62.3. The van der Waals surface area contributed by atoms with Crippen LogP contribution in [0.1, 0.15) is 245 Å². The van der Waals surface area contributed by atoms with E-state index in [9.17, 15) is 14.4 Å². The van der Waals surface area contributed by atoms with Gasteiger partial charge in [-0.15, -0.1) is 0 Å². The predicted octanol–water partition coefficient (Wildman–Crippen LogP) is 18.1. The summed E-state index contributed by atoms with van der Waals surface area (Å²) in [7, 11) is 0. The van der Waals surface area contributed by atoms with Crippen LogP contribution in [-0.4, -0.2) is 37.2 Å². The topological polar surface area (TPSA) is 78.9 Å². The molecule has 0 spiro atoms. The van der Waals surface area contributed by atoms with Gasteiger partial charge in [-0.3, -0.25) is 14.4 Å². The van der Waals surface area contributed by atoms with Crippen LogP contribution in [-0.2, 0) is 28.6 Å². The van der Waals surface area contributed by atoms with Crippen molar-refractivity contribution in [3.63, 3.8) is 0 Å². The minimum Gasteiger partial charge on any atom is -0.462 e. The first-order valence-corrected chi connectivity index (χ1v) is 27.2. The second kappa shape index (κ2) is 53.9. The van der Waals surface area contributed by atoms with Crippen molar-refractivity contribution < 1.29 is 28.6 Å². The normalized spacial score (nSPS) is 12.8. The Balaban J connectivity index is 4.05. The van der Waals surface area contributed by atoms with E-state index in [-0.39, 0.29) is 31.1 Å². The molecule has 0 fully saturated rings. The molecule has 0 aliphatic carbocycles. The lowest BCUT2D eigenvalue weighted by molar-refractivity contribution is -0.167. The van der Waals surface area contributed by atoms with Crippen molar-refractivity contribution in [3.8, 4) is 0 Å². The summed E-state index contributed by atoms with van der Waals surface area (Å²) in [4.78, 5) is 37.6. The molecule has 0 aromatic carbocycles. The molecule has 1 atom stereocenters. The molecule has 0 aliphatic heterocycles. The molecule has 0 saturated heterocycles. The van der Waals surface area contributed by atoms with E-state index in [0.717, 1.165) is 128 Å². The van der Waals surface area contributed by atoms with Crippen molar-refractivity contribution in [2.75, 3.05) is 13.2 Å². The van der Waals surface area contributed by atoms with Gasteiger partial charge >= 0.3 is 17.9 Å². The zero-order valence-electron chi connectivity index (χ0n) is 42.9. The minimum atomic E-state index is -0.779. The van der Waals surface area contributed by atoms with Gasteiger partial charge in [0, 0.05) is 19.3 Å². The smallest absolute Gasteiger partial charge is 0.306 e. The Kier molecular flexibility index (Phi) is 50.9. The van der Waals surface area contributed by atoms with Crippen molar-refractivity contribution in [3.05, 3.63) is 97.2 Å². The summed E-state index contributed by atoms with van der Waals surface area (Å²) in [5, 5.41) is 0. The molecule has 6 nitrogen and oxygen atoms in total. The zero-order chi connectivity index (χ0) is 47.9. The summed E-state index contributed by atoms with van der Waals surface area (Å²) in [6.45, 7) is 6.39. The maximum absolute atomic E-state index is 12.7. The highest BCUT2D eigenvalue weighted by Crippen LogP contribution is 2.14. The highest BCUT2D eigenvalue weighted by Gasteiger charge is 2.19. The van der Waals surface area contributed by atoms with E-state index in [1.54, 1.807) is 0 Å². The van der Waals surface area contributed by atoms with E-state index in [4.69, 9.17) is 14.2 Å². The first-order chi connectivity index (χ1) is 32.5. The van der Waals surface area contributed by atoms with Gasteiger partial charge < -0.3 is 14.2 Å². The minimum absolute atomic E-state index is 0.0828. The Hall–Kier alpha value is -3.67. The van der Waals surface area contributed by atoms with Gasteiger partial charge in [0.2, 0.25) is 0 Å². The van der Waals surface area contributed by atoms with Gasteiger partial charge in [-0.05, 0) is 103 Å². The number of unbranched alkanes of at least 4 members (excludes halogenated alkanes) is 21. The molecule has 0 aliphatic rings. The molecule has 1 unspecified atom stereocenters. The van der Waals surface area contributed by atoms with Crippen LogP contribution in [0, 0.1) is 0 Å². The van der Waals surface area contributed by atoms with Crippen LogP contribution < -0.4 is 0 Å². The van der Waals surface area contributed by atoms with Gasteiger partial charge in [0.1, 0.15) is 13.2 Å². The van der Waals surface area contributed by atoms with Gasteiger partial charge in [0.15, 0.2) is 6.10 Å². The third-order valence-electron chi connectivity index (χ3n) is 11.3. The maximum Gasteiger partial charge on any atom is 0.306 e. The molecule has 0 aromatic rings. The number of allylic oxidation sites excluding steroid dienone is 16. The highest BCUT2D eigenvalue weighted by atomic mass is 16.6. The summed E-state index contributed by atoms with van der Waals surface area (Å²) in [5.41, 5.74) is 0. The summed E-state index contributed by atoms with van der Waals surface area (Å²) in [6, 6.07) is 0. The quantitative estimate of drug-likeness (QED) is 0.0262. The molecule has 66 heavy (non-hydrogen) atoms. The van der Waals surface area contributed by atoms with Crippen molar-refractivity contribution >= 4 is 17.9 Å². The Morgan fingerprint density at radius 1 is 0.318 bits per heavy atom. The fraction of sp³-hybridized carbons (Fsp3) is 0.683. The van der Waals surface area contributed by atoms with E-state index >= 15 is 0 Å². The number of carbonyl (C=O) groups excluding carboxylic acids is 3. The molecule has 0 heterocycles. The second-order valence-corrected chi connectivity index (χ2v) is 17.8. The van der Waals surface area contributed by atoms with Crippen molar-refractivity contribution in [2.24, 2.45) is 0 Å². The molecule has 0 bridgehead atoms. The molecule has 0 aromatic heterocycles. The average molecular weight is 917 g/mol. The van der Waals surface area contributed by atoms with Gasteiger partial charge in [-0.25, -0.2) is 0 Å². The zero-order valence-corrected chi connectivity index (χ0v) is 42.9. The number of hydrogen-bond donors (Lipinski definition) is 0. The molecular formula is C60H100O6. The lowest BCUT2D eigenvalue weighted by Gasteiger charge is -2.18. The monoisotopic (exact) mass is 917 g/mol. The van der Waals surface area contributed by atoms with Crippen molar-refractivity contribution in [1.29, 1.82) is 0 Å². The fourth-order valence-corrected chi connectivity index (χ4v) is 7.24. The first-order valence-electron chi connectivity index (χ1n) is 27.2. The van der Waals surface area contributed by atoms with E-state index in [1.165, 1.54) is 77.0 Å². The molecular weight excluding hydrogens is 817 g/mol. The third kappa shape index (κ3) is 51.3. The average Bonchev–Trinajstić information content (AvgIpc) is 3.31. The summed E-state index contributed by atoms with van der Waals surface area (Å²) in [6.07, 6.45) is 71.6. The van der Waals surface area contributed by atoms with Gasteiger partial charge in [-0.2, -0.15) is 0 Å². The van der Waals surface area contributed by atoms with Crippen LogP contribution in [0.15, 0.2) is 97.2 Å². The van der Waals surface area contributed by atoms with Crippen LogP contribution in [0.4, 0.5) is 0 Å². The Morgan fingerprint density at radius 2 is 0.591 bits per heavy atom. The molecule has 0 saturated carbocycles. The largest absolute Gasteiger partial charge is 0.462 e. The van der Waals surface area contributed by atoms with Crippen LogP contribution in [0.2, 0.25) is 0 Å². The number of esters is 3. The second-order valence-electron chi connectivity index (χ2n) is 17.8. The van der Waals surface area contributed by atoms with Crippen LogP contribution >= 0.6 is 0 Å². The molecule has 376 valence electrons. The highest BCUT2D eigenvalue weighted by molar-refractivity contribution is 5.71. The Morgan fingerprint density at radius 3 is 0.970 bits per heavy atom. The molecule has 0 radical (unpaired) electrons. The summed E-state index contributed by atoms with van der Waals surface area (Å²) < 4.78 is 16.6. The van der Waals surface area contributed by atoms with E-state index in [0.29, 0.717) is 19.3 Å². The Labute approximate surface area is 407 Å². The Bertz CT molecular complexity index is 1330. The summed E-state index contributed by atoms with van der Waals surface area (Å²) >= 11 is 0.